The zero-order valence-electron chi connectivity index (χ0n) is 15.7. The largest absolute Gasteiger partial charge is 0.496 e. The third-order valence-corrected chi connectivity index (χ3v) is 5.20. The number of alkyl halides is 3. The third-order valence-electron chi connectivity index (χ3n) is 5.20. The number of benzene rings is 1. The van der Waals surface area contributed by atoms with Gasteiger partial charge in [0, 0.05) is 51.3 Å². The van der Waals surface area contributed by atoms with Gasteiger partial charge in [0.05, 0.1) is 13.0 Å². The molecule has 2 amide bonds. The number of nitrogens with zero attached hydrogens (tertiary/aromatic N) is 3. The minimum absolute atomic E-state index is 0.143. The lowest BCUT2D eigenvalue weighted by Gasteiger charge is -2.36. The highest BCUT2D eigenvalue weighted by molar-refractivity contribution is 5.89. The first-order valence-electron chi connectivity index (χ1n) is 9.24. The van der Waals surface area contributed by atoms with Gasteiger partial charge in [-0.25, -0.2) is 0 Å². The van der Waals surface area contributed by atoms with Crippen LogP contribution in [0.4, 0.5) is 13.2 Å². The molecule has 154 valence electrons. The molecule has 1 atom stereocenters. The lowest BCUT2D eigenvalue weighted by molar-refractivity contribution is -0.157. The minimum atomic E-state index is -4.45. The summed E-state index contributed by atoms with van der Waals surface area (Å²) in [7, 11) is 1.63. The SMILES string of the molecule is COc1ccccc1CN1CCN(C(=O)C2CC(=O)N(CC(F)(F)F)C2)CC1. The summed E-state index contributed by atoms with van der Waals surface area (Å²) < 4.78 is 43.0. The van der Waals surface area contributed by atoms with Crippen molar-refractivity contribution in [1.29, 1.82) is 0 Å². The van der Waals surface area contributed by atoms with Gasteiger partial charge in [-0.15, -0.1) is 0 Å². The van der Waals surface area contributed by atoms with Crippen LogP contribution in [-0.2, 0) is 16.1 Å². The molecule has 2 aliphatic rings. The van der Waals surface area contributed by atoms with Crippen LogP contribution in [0.3, 0.4) is 0 Å². The molecule has 2 saturated heterocycles. The molecule has 1 aromatic carbocycles. The molecule has 0 N–H and O–H groups in total. The molecule has 28 heavy (non-hydrogen) atoms. The molecule has 1 unspecified atom stereocenters. The van der Waals surface area contributed by atoms with Gasteiger partial charge in [-0.1, -0.05) is 18.2 Å². The first kappa shape index (κ1) is 20.4. The molecule has 0 bridgehead atoms. The molecular formula is C19H24F3N3O3. The highest BCUT2D eigenvalue weighted by Gasteiger charge is 2.42. The second-order valence-electron chi connectivity index (χ2n) is 7.20. The van der Waals surface area contributed by atoms with Crippen molar-refractivity contribution in [2.75, 3.05) is 46.4 Å². The number of ether oxygens (including phenoxy) is 1. The standard InChI is InChI=1S/C19H24F3N3O3/c1-28-16-5-3-2-4-14(16)11-23-6-8-24(9-7-23)18(27)15-10-17(26)25(12-15)13-19(20,21)22/h2-5,15H,6-13H2,1H3. The van der Waals surface area contributed by atoms with E-state index < -0.39 is 24.5 Å². The molecule has 9 heteroatoms. The molecule has 2 fully saturated rings. The number of hydrogen-bond acceptors (Lipinski definition) is 4. The highest BCUT2D eigenvalue weighted by Crippen LogP contribution is 2.26. The van der Waals surface area contributed by atoms with Crippen LogP contribution < -0.4 is 4.74 Å². The third kappa shape index (κ3) is 4.95. The Bertz CT molecular complexity index is 718. The zero-order valence-corrected chi connectivity index (χ0v) is 15.7. The Hall–Kier alpha value is -2.29. The van der Waals surface area contributed by atoms with Gasteiger partial charge in [-0.3, -0.25) is 14.5 Å². The van der Waals surface area contributed by atoms with Gasteiger partial charge in [0.15, 0.2) is 0 Å². The quantitative estimate of drug-likeness (QED) is 0.757. The van der Waals surface area contributed by atoms with Crippen LogP contribution in [0.15, 0.2) is 24.3 Å². The van der Waals surface area contributed by atoms with E-state index in [1.165, 1.54) is 0 Å². The number of carbonyl (C=O) groups excluding carboxylic acids is 2. The number of rotatable bonds is 5. The van der Waals surface area contributed by atoms with E-state index in [0.717, 1.165) is 16.2 Å². The van der Waals surface area contributed by atoms with Crippen molar-refractivity contribution in [3.05, 3.63) is 29.8 Å². The summed E-state index contributed by atoms with van der Waals surface area (Å²) in [5.41, 5.74) is 1.06. The Morgan fingerprint density at radius 2 is 1.86 bits per heavy atom. The van der Waals surface area contributed by atoms with E-state index in [9.17, 15) is 22.8 Å². The first-order valence-corrected chi connectivity index (χ1v) is 9.24. The van der Waals surface area contributed by atoms with Crippen molar-refractivity contribution in [2.45, 2.75) is 19.1 Å². The number of methoxy groups -OCH3 is 1. The van der Waals surface area contributed by atoms with Gasteiger partial charge in [0.25, 0.3) is 0 Å². The molecular weight excluding hydrogens is 375 g/mol. The van der Waals surface area contributed by atoms with Crippen molar-refractivity contribution in [3.8, 4) is 5.75 Å². The number of piperazine rings is 1. The molecule has 0 spiro atoms. The van der Waals surface area contributed by atoms with Crippen molar-refractivity contribution >= 4 is 11.8 Å². The molecule has 1 aromatic rings. The van der Waals surface area contributed by atoms with Crippen molar-refractivity contribution in [3.63, 3.8) is 0 Å². The van der Waals surface area contributed by atoms with Crippen molar-refractivity contribution in [1.82, 2.24) is 14.7 Å². The Kier molecular flexibility index (Phi) is 6.12. The number of carbonyl (C=O) groups is 2. The van der Waals surface area contributed by atoms with Gasteiger partial charge in [-0.05, 0) is 6.07 Å². The number of halogens is 3. The van der Waals surface area contributed by atoms with E-state index in [2.05, 4.69) is 4.90 Å². The summed E-state index contributed by atoms with van der Waals surface area (Å²) in [6.45, 7) is 1.58. The number of hydrogen-bond donors (Lipinski definition) is 0. The maximum atomic E-state index is 12.6. The van der Waals surface area contributed by atoms with E-state index in [1.54, 1.807) is 12.0 Å². The molecule has 6 nitrogen and oxygen atoms in total. The fraction of sp³-hybridized carbons (Fsp3) is 0.579. The fourth-order valence-corrected chi connectivity index (χ4v) is 3.77. The van der Waals surface area contributed by atoms with Crippen LogP contribution >= 0.6 is 0 Å². The van der Waals surface area contributed by atoms with Crippen LogP contribution in [-0.4, -0.2) is 79.1 Å². The Morgan fingerprint density at radius 1 is 1.18 bits per heavy atom. The lowest BCUT2D eigenvalue weighted by Crippen LogP contribution is -2.50. The van der Waals surface area contributed by atoms with Gasteiger partial charge in [0.2, 0.25) is 11.8 Å². The molecule has 2 aliphatic heterocycles. The Labute approximate surface area is 161 Å². The summed E-state index contributed by atoms with van der Waals surface area (Å²) in [6, 6.07) is 7.75. The van der Waals surface area contributed by atoms with Gasteiger partial charge in [-0.2, -0.15) is 13.2 Å². The molecule has 0 aliphatic carbocycles. The maximum absolute atomic E-state index is 12.6. The maximum Gasteiger partial charge on any atom is 0.406 e. The lowest BCUT2D eigenvalue weighted by atomic mass is 10.1. The van der Waals surface area contributed by atoms with Crippen molar-refractivity contribution in [2.24, 2.45) is 5.92 Å². The molecule has 3 rings (SSSR count). The van der Waals surface area contributed by atoms with E-state index in [1.807, 2.05) is 24.3 Å². The first-order chi connectivity index (χ1) is 13.3. The average Bonchev–Trinajstić information content (AvgIpc) is 3.01. The van der Waals surface area contributed by atoms with Crippen LogP contribution in [0.2, 0.25) is 0 Å². The number of amides is 2. The van der Waals surface area contributed by atoms with Crippen LogP contribution in [0.1, 0.15) is 12.0 Å². The van der Waals surface area contributed by atoms with E-state index in [-0.39, 0.29) is 18.9 Å². The summed E-state index contributed by atoms with van der Waals surface area (Å²) >= 11 is 0. The Morgan fingerprint density at radius 3 is 2.50 bits per heavy atom. The zero-order chi connectivity index (χ0) is 20.3. The fourth-order valence-electron chi connectivity index (χ4n) is 3.77. The number of likely N-dealkylation sites (tertiary alicyclic amines) is 1. The predicted octanol–water partition coefficient (Wildman–Crippen LogP) is 1.75. The number of para-hydroxylation sites is 1. The average molecular weight is 399 g/mol. The molecule has 0 saturated carbocycles. The van der Waals surface area contributed by atoms with Gasteiger partial charge in [0.1, 0.15) is 12.3 Å². The smallest absolute Gasteiger partial charge is 0.406 e. The monoisotopic (exact) mass is 399 g/mol. The van der Waals surface area contributed by atoms with Crippen LogP contribution in [0, 0.1) is 5.92 Å². The normalized spacial score (nSPS) is 21.3. The molecule has 0 aromatic heterocycles. The summed E-state index contributed by atoms with van der Waals surface area (Å²) in [5, 5.41) is 0. The molecule has 0 radical (unpaired) electrons. The van der Waals surface area contributed by atoms with Crippen LogP contribution in [0.5, 0.6) is 5.75 Å². The summed E-state index contributed by atoms with van der Waals surface area (Å²) in [4.78, 5) is 29.1. The minimum Gasteiger partial charge on any atom is -0.496 e. The van der Waals surface area contributed by atoms with E-state index in [0.29, 0.717) is 32.7 Å². The topological polar surface area (TPSA) is 53.1 Å². The van der Waals surface area contributed by atoms with Crippen molar-refractivity contribution < 1.29 is 27.5 Å². The second kappa shape index (κ2) is 8.38. The summed E-state index contributed by atoms with van der Waals surface area (Å²) in [6.07, 6.45) is -4.59. The predicted molar refractivity (Wildman–Crippen MR) is 95.6 cm³/mol. The van der Waals surface area contributed by atoms with Gasteiger partial charge < -0.3 is 14.5 Å². The highest BCUT2D eigenvalue weighted by atomic mass is 19.4. The Balaban J connectivity index is 1.51. The molecule has 2 heterocycles. The van der Waals surface area contributed by atoms with E-state index >= 15 is 0 Å². The van der Waals surface area contributed by atoms with Crippen LogP contribution in [0.25, 0.3) is 0 Å². The second-order valence-corrected chi connectivity index (χ2v) is 7.20. The van der Waals surface area contributed by atoms with E-state index in [4.69, 9.17) is 4.74 Å². The summed E-state index contributed by atoms with van der Waals surface area (Å²) in [5.74, 6) is -0.703. The van der Waals surface area contributed by atoms with Gasteiger partial charge >= 0.3 is 6.18 Å².